The lowest BCUT2D eigenvalue weighted by Crippen LogP contribution is -2.58. The lowest BCUT2D eigenvalue weighted by Gasteiger charge is -2.55. The van der Waals surface area contributed by atoms with Crippen molar-refractivity contribution in [3.8, 4) is 0 Å². The minimum atomic E-state index is -0.943. The summed E-state index contributed by atoms with van der Waals surface area (Å²) >= 11 is 0. The van der Waals surface area contributed by atoms with Crippen molar-refractivity contribution in [2.75, 3.05) is 7.11 Å². The van der Waals surface area contributed by atoms with Crippen LogP contribution in [0.5, 0.6) is 0 Å². The molecule has 204 valence electrons. The number of nitrogens with zero attached hydrogens (tertiary/aromatic N) is 4. The zero-order chi connectivity index (χ0) is 26.2. The van der Waals surface area contributed by atoms with Crippen LogP contribution in [0.2, 0.25) is 0 Å². The van der Waals surface area contributed by atoms with Crippen LogP contribution in [0.4, 0.5) is 0 Å². The first-order valence-corrected chi connectivity index (χ1v) is 14.6. The summed E-state index contributed by atoms with van der Waals surface area (Å²) in [4.78, 5) is 38.0. The van der Waals surface area contributed by atoms with Gasteiger partial charge in [-0.1, -0.05) is 43.0 Å². The molecular formula is C30H40N4O4. The van der Waals surface area contributed by atoms with Crippen molar-refractivity contribution in [2.24, 2.45) is 17.0 Å². The van der Waals surface area contributed by atoms with Crippen LogP contribution in [0.25, 0.3) is 11.0 Å². The average molecular weight is 521 g/mol. The number of carboxylic acid groups (broad SMARTS) is 1. The van der Waals surface area contributed by atoms with E-state index in [0.717, 1.165) is 35.7 Å². The molecule has 4 fully saturated rings. The Morgan fingerprint density at radius 2 is 1.63 bits per heavy atom. The molecule has 2 saturated carbocycles. The molecule has 38 heavy (non-hydrogen) atoms. The Bertz CT molecular complexity index is 1250. The summed E-state index contributed by atoms with van der Waals surface area (Å²) in [6.07, 6.45) is 14.0. The summed E-state index contributed by atoms with van der Waals surface area (Å²) in [5, 5.41) is 13.3. The molecule has 0 radical (unpaired) electrons. The number of hydrogen-bond donors (Lipinski definition) is 1. The summed E-state index contributed by atoms with van der Waals surface area (Å²) in [5.41, 5.74) is 1.90. The number of aliphatic carboxylic acids is 1. The van der Waals surface area contributed by atoms with Crippen LogP contribution in [0.1, 0.15) is 95.2 Å². The van der Waals surface area contributed by atoms with Gasteiger partial charge in [0.15, 0.2) is 5.69 Å². The molecule has 8 heteroatoms. The maximum Gasteiger partial charge on any atom is 0.303 e. The van der Waals surface area contributed by atoms with Crippen molar-refractivity contribution in [1.82, 2.24) is 14.5 Å². The largest absolute Gasteiger partial charge is 0.481 e. The van der Waals surface area contributed by atoms with E-state index in [-0.39, 0.29) is 30.1 Å². The predicted molar refractivity (Wildman–Crippen MR) is 146 cm³/mol. The van der Waals surface area contributed by atoms with E-state index in [1.165, 1.54) is 64.9 Å². The molecule has 4 bridgehead atoms. The number of para-hydroxylation sites is 2. The van der Waals surface area contributed by atoms with Crippen LogP contribution in [-0.4, -0.2) is 56.5 Å². The van der Waals surface area contributed by atoms with Gasteiger partial charge < -0.3 is 14.5 Å². The van der Waals surface area contributed by atoms with Gasteiger partial charge in [-0.25, -0.2) is 4.98 Å². The number of oxime groups is 1. The normalized spacial score (nSPS) is 31.8. The fraction of sp³-hybridized carbons (Fsp3) is 0.667. The number of aromatic nitrogens is 2. The highest BCUT2D eigenvalue weighted by atomic mass is 16.6. The van der Waals surface area contributed by atoms with E-state index in [9.17, 15) is 14.7 Å². The molecule has 8 nitrogen and oxygen atoms in total. The van der Waals surface area contributed by atoms with Gasteiger partial charge in [0.1, 0.15) is 12.8 Å². The summed E-state index contributed by atoms with van der Waals surface area (Å²) < 4.78 is 1.96. The maximum atomic E-state index is 14.1. The highest BCUT2D eigenvalue weighted by Crippen LogP contribution is 2.47. The molecule has 3 unspecified atom stereocenters. The molecule has 6 atom stereocenters. The Kier molecular flexibility index (Phi) is 7.25. The fourth-order valence-electron chi connectivity index (χ4n) is 8.38. The Hall–Kier alpha value is -2.74. The van der Waals surface area contributed by atoms with Crippen LogP contribution >= 0.6 is 0 Å². The minimum Gasteiger partial charge on any atom is -0.481 e. The van der Waals surface area contributed by atoms with Gasteiger partial charge in [-0.2, -0.15) is 0 Å². The van der Waals surface area contributed by atoms with E-state index in [1.54, 1.807) is 0 Å². The van der Waals surface area contributed by atoms with Crippen LogP contribution in [0.3, 0.4) is 0 Å². The molecule has 3 heterocycles. The number of benzene rings is 1. The fourth-order valence-corrected chi connectivity index (χ4v) is 8.38. The second kappa shape index (κ2) is 10.8. The number of hydrogen-bond acceptors (Lipinski definition) is 6. The van der Waals surface area contributed by atoms with E-state index < -0.39 is 5.97 Å². The Morgan fingerprint density at radius 3 is 2.32 bits per heavy atom. The molecule has 6 rings (SSSR count). The molecule has 0 amide bonds. The molecule has 1 aromatic heterocycles. The average Bonchev–Trinajstić information content (AvgIpc) is 2.90. The van der Waals surface area contributed by atoms with Gasteiger partial charge >= 0.3 is 5.97 Å². The molecule has 2 saturated heterocycles. The quantitative estimate of drug-likeness (QED) is 0.401. The molecule has 4 aliphatic rings. The number of rotatable bonds is 7. The highest BCUT2D eigenvalue weighted by molar-refractivity contribution is 6.00. The summed E-state index contributed by atoms with van der Waals surface area (Å²) in [6.45, 7) is 0. The molecule has 0 spiro atoms. The van der Waals surface area contributed by atoms with Crippen molar-refractivity contribution in [3.05, 3.63) is 40.3 Å². The number of fused-ring (bicyclic) bond motifs is 5. The van der Waals surface area contributed by atoms with Gasteiger partial charge in [0.25, 0.3) is 5.56 Å². The number of carboxylic acids is 1. The Balaban J connectivity index is 1.35. The molecule has 2 aliphatic heterocycles. The standard InChI is InChI=1S/C30H40N4O4/c1-38-32-26(12-13-28(35)36)29-30(37)34(27-11-3-2-10-25(27)31-29)24-17-21-8-5-9-22(18-24)33(21)23-15-19-6-4-7-20(14-19)16-23/h2-3,10-11,19-24H,4-9,12-18H2,1H3,(H,35,36)/t19-,20?,21+,22?,23?,24-/m0/s1. The predicted octanol–water partition coefficient (Wildman–Crippen LogP) is 5.14. The zero-order valence-electron chi connectivity index (χ0n) is 22.4. The van der Waals surface area contributed by atoms with Crippen molar-refractivity contribution in [3.63, 3.8) is 0 Å². The minimum absolute atomic E-state index is 0.0899. The second-order valence-corrected chi connectivity index (χ2v) is 12.1. The second-order valence-electron chi connectivity index (χ2n) is 12.1. The molecule has 2 aliphatic carbocycles. The van der Waals surface area contributed by atoms with Crippen LogP contribution in [0, 0.1) is 11.8 Å². The summed E-state index contributed by atoms with van der Waals surface area (Å²) in [7, 11) is 1.41. The van der Waals surface area contributed by atoms with Gasteiger partial charge in [0.05, 0.1) is 17.5 Å². The first-order chi connectivity index (χ1) is 18.5. The van der Waals surface area contributed by atoms with E-state index in [2.05, 4.69) is 15.0 Å². The van der Waals surface area contributed by atoms with Crippen molar-refractivity contribution < 1.29 is 14.7 Å². The van der Waals surface area contributed by atoms with Crippen LogP contribution in [-0.2, 0) is 9.63 Å². The van der Waals surface area contributed by atoms with Gasteiger partial charge in [-0.05, 0) is 68.9 Å². The topological polar surface area (TPSA) is 97.0 Å². The lowest BCUT2D eigenvalue weighted by molar-refractivity contribution is -0.136. The smallest absolute Gasteiger partial charge is 0.303 e. The molecule has 1 aromatic carbocycles. The van der Waals surface area contributed by atoms with Gasteiger partial charge in [0, 0.05) is 30.6 Å². The Morgan fingerprint density at radius 1 is 0.947 bits per heavy atom. The van der Waals surface area contributed by atoms with E-state index in [4.69, 9.17) is 4.84 Å². The third-order valence-corrected chi connectivity index (χ3v) is 9.74. The van der Waals surface area contributed by atoms with Gasteiger partial charge in [0.2, 0.25) is 0 Å². The SMILES string of the molecule is CON=C(CCC(=O)O)c1nc2ccccc2n([C@@H]2CC3CCC[C@H](C2)N3C2CC3CCC[C@@H](C3)C2)c1=O. The maximum absolute atomic E-state index is 14.1. The van der Waals surface area contributed by atoms with Crippen LogP contribution < -0.4 is 5.56 Å². The third-order valence-electron chi connectivity index (χ3n) is 9.74. The lowest BCUT2D eigenvalue weighted by atomic mass is 9.68. The van der Waals surface area contributed by atoms with Crippen LogP contribution in [0.15, 0.2) is 34.2 Å². The summed E-state index contributed by atoms with van der Waals surface area (Å²) in [6, 6.07) is 9.62. The van der Waals surface area contributed by atoms with E-state index in [0.29, 0.717) is 23.8 Å². The van der Waals surface area contributed by atoms with E-state index >= 15 is 0 Å². The molecule has 2 aromatic rings. The van der Waals surface area contributed by atoms with Crippen molar-refractivity contribution >= 4 is 22.7 Å². The number of piperidine rings is 2. The zero-order valence-corrected chi connectivity index (χ0v) is 22.4. The molecule has 1 N–H and O–H groups in total. The Labute approximate surface area is 224 Å². The van der Waals surface area contributed by atoms with Gasteiger partial charge in [-0.15, -0.1) is 0 Å². The van der Waals surface area contributed by atoms with E-state index in [1.807, 2.05) is 28.8 Å². The monoisotopic (exact) mass is 520 g/mol. The molecular weight excluding hydrogens is 480 g/mol. The van der Waals surface area contributed by atoms with Crippen molar-refractivity contribution in [2.45, 2.75) is 108 Å². The summed E-state index contributed by atoms with van der Waals surface area (Å²) in [5.74, 6) is 0.871. The van der Waals surface area contributed by atoms with Crippen molar-refractivity contribution in [1.29, 1.82) is 0 Å². The first kappa shape index (κ1) is 25.5. The highest BCUT2D eigenvalue weighted by Gasteiger charge is 2.45. The third kappa shape index (κ3) is 4.88. The van der Waals surface area contributed by atoms with Gasteiger partial charge in [-0.3, -0.25) is 14.5 Å². The first-order valence-electron chi connectivity index (χ1n) is 14.6. The number of carbonyl (C=O) groups is 1.